The number of anilines is 2. The van der Waals surface area contributed by atoms with E-state index in [1.807, 2.05) is 6.92 Å². The first-order valence-electron chi connectivity index (χ1n) is 13.2. The molecular weight excluding hydrogens is 564 g/mol. The van der Waals surface area contributed by atoms with Crippen LogP contribution in [0, 0.1) is 4.91 Å². The van der Waals surface area contributed by atoms with Gasteiger partial charge in [-0.15, -0.1) is 4.91 Å². The van der Waals surface area contributed by atoms with Crippen molar-refractivity contribution in [3.05, 3.63) is 81.7 Å². The molecule has 3 atom stereocenters. The number of nitroso groups, excluding NO2 is 1. The Morgan fingerprint density at radius 3 is 2.57 bits per heavy atom. The summed E-state index contributed by atoms with van der Waals surface area (Å²) in [5.74, 6) is -1.37. The summed E-state index contributed by atoms with van der Waals surface area (Å²) < 4.78 is 5.76. The van der Waals surface area contributed by atoms with E-state index in [1.165, 1.54) is 18.2 Å². The van der Waals surface area contributed by atoms with Gasteiger partial charge < -0.3 is 36.2 Å². The maximum atomic E-state index is 12.6. The highest BCUT2D eigenvalue weighted by Crippen LogP contribution is 2.35. The molecule has 0 spiro atoms. The number of rotatable bonds is 10. The Balaban J connectivity index is 1.73. The first kappa shape index (κ1) is 30.3. The number of halogens is 1. The number of phenols is 2. The number of nitrogens with zero attached hydrogens (tertiary/aromatic N) is 3. The molecule has 0 fully saturated rings. The van der Waals surface area contributed by atoms with Crippen molar-refractivity contribution in [2.45, 2.75) is 38.6 Å². The van der Waals surface area contributed by atoms with Crippen LogP contribution in [0.15, 0.2) is 70.8 Å². The molecule has 13 heteroatoms. The summed E-state index contributed by atoms with van der Waals surface area (Å²) in [7, 11) is 0. The largest absolute Gasteiger partial charge is 0.504 e. The van der Waals surface area contributed by atoms with E-state index < -0.39 is 36.6 Å². The molecule has 220 valence electrons. The number of benzodiazepines with no additional fused rings is 1. The summed E-state index contributed by atoms with van der Waals surface area (Å²) in [5.41, 5.74) is 8.90. The van der Waals surface area contributed by atoms with E-state index in [2.05, 4.69) is 15.8 Å². The quantitative estimate of drug-likeness (QED) is 0.174. The second-order valence-corrected chi connectivity index (χ2v) is 9.97. The lowest BCUT2D eigenvalue weighted by Gasteiger charge is -2.35. The predicted octanol–water partition coefficient (Wildman–Crippen LogP) is 3.72. The number of aliphatic imine (C=N–C) groups is 1. The zero-order valence-electron chi connectivity index (χ0n) is 23.0. The van der Waals surface area contributed by atoms with E-state index in [9.17, 15) is 24.7 Å². The van der Waals surface area contributed by atoms with E-state index >= 15 is 0 Å². The minimum absolute atomic E-state index is 0.0285. The molecule has 0 aromatic heterocycles. The molecule has 3 aromatic rings. The second-order valence-electron chi connectivity index (χ2n) is 9.53. The molecule has 2 unspecified atom stereocenters. The van der Waals surface area contributed by atoms with Gasteiger partial charge in [0.2, 0.25) is 5.91 Å². The van der Waals surface area contributed by atoms with Gasteiger partial charge >= 0.3 is 0 Å². The Labute approximate surface area is 247 Å². The monoisotopic (exact) mass is 594 g/mol. The second kappa shape index (κ2) is 13.3. The highest BCUT2D eigenvalue weighted by atomic mass is 35.5. The summed E-state index contributed by atoms with van der Waals surface area (Å²) in [6.45, 7) is 3.42. The third kappa shape index (κ3) is 6.78. The molecule has 6 N–H and O–H groups in total. The number of hydrogen-bond acceptors (Lipinski definition) is 10. The van der Waals surface area contributed by atoms with Crippen LogP contribution in [-0.4, -0.2) is 59.3 Å². The lowest BCUT2D eigenvalue weighted by molar-refractivity contribution is -0.121. The summed E-state index contributed by atoms with van der Waals surface area (Å²) in [4.78, 5) is 43.4. The normalized spacial score (nSPS) is 16.9. The number of nitrogens with one attached hydrogen (secondary N) is 2. The molecule has 0 bridgehead atoms. The van der Waals surface area contributed by atoms with Gasteiger partial charge in [0, 0.05) is 28.4 Å². The van der Waals surface area contributed by atoms with Gasteiger partial charge in [0.15, 0.2) is 24.3 Å². The van der Waals surface area contributed by atoms with E-state index in [0.29, 0.717) is 39.8 Å². The maximum absolute atomic E-state index is 12.6. The van der Waals surface area contributed by atoms with Gasteiger partial charge in [0.1, 0.15) is 11.9 Å². The van der Waals surface area contributed by atoms with Crippen LogP contribution >= 0.6 is 11.6 Å². The summed E-state index contributed by atoms with van der Waals surface area (Å²) >= 11 is 6.14. The lowest BCUT2D eigenvalue weighted by atomic mass is 9.99. The smallest absolute Gasteiger partial charge is 0.262 e. The van der Waals surface area contributed by atoms with Crippen molar-refractivity contribution in [2.24, 2.45) is 15.9 Å². The predicted molar refractivity (Wildman–Crippen MR) is 160 cm³/mol. The fourth-order valence-corrected chi connectivity index (χ4v) is 4.74. The average Bonchev–Trinajstić information content (AvgIpc) is 3.08. The molecule has 1 aliphatic heterocycles. The Hall–Kier alpha value is -4.68. The van der Waals surface area contributed by atoms with Crippen LogP contribution in [0.5, 0.6) is 17.2 Å². The summed E-state index contributed by atoms with van der Waals surface area (Å²) in [6, 6.07) is 15.4. The first-order chi connectivity index (χ1) is 20.1. The van der Waals surface area contributed by atoms with E-state index in [0.717, 1.165) is 0 Å². The van der Waals surface area contributed by atoms with Crippen LogP contribution < -0.4 is 26.0 Å². The fourth-order valence-electron chi connectivity index (χ4n) is 4.61. The molecule has 4 rings (SSSR count). The Kier molecular flexibility index (Phi) is 9.60. The van der Waals surface area contributed by atoms with Crippen molar-refractivity contribution >= 4 is 40.5 Å². The zero-order chi connectivity index (χ0) is 30.4. The highest BCUT2D eigenvalue weighted by Gasteiger charge is 2.35. The van der Waals surface area contributed by atoms with Crippen molar-refractivity contribution < 1.29 is 24.5 Å². The van der Waals surface area contributed by atoms with Crippen molar-refractivity contribution in [1.82, 2.24) is 5.32 Å². The molecule has 3 aromatic carbocycles. The minimum atomic E-state index is -0.900. The number of carbonyl (C=O) groups is 2. The van der Waals surface area contributed by atoms with Gasteiger partial charge in [-0.3, -0.25) is 14.6 Å². The van der Waals surface area contributed by atoms with Crippen LogP contribution in [0.1, 0.15) is 31.4 Å². The van der Waals surface area contributed by atoms with Crippen LogP contribution in [0.4, 0.5) is 11.4 Å². The van der Waals surface area contributed by atoms with Crippen LogP contribution in [-0.2, 0) is 9.59 Å². The molecular formula is C29H31ClN6O6. The molecule has 0 saturated heterocycles. The van der Waals surface area contributed by atoms with Crippen molar-refractivity contribution in [3.8, 4) is 17.2 Å². The Bertz CT molecular complexity index is 1500. The minimum Gasteiger partial charge on any atom is -0.504 e. The standard InChI is InChI=1S/C29H31ClN6O6/c1-3-32-25(38)14-22-29(31)36(16(2)35-41)23-12-11-19(13-20(23)27(34-22)17-7-9-18(30)10-8-17)42-15-26(39)33-21-5-4-6-24(37)28(21)40/h4-13,16,22,29,37,40H,3,14-15,31H2,1-2H3,(H,32,38)(H,33,39)/t16?,22-,29?/m0/s1. The highest BCUT2D eigenvalue weighted by molar-refractivity contribution is 6.30. The van der Waals surface area contributed by atoms with Gasteiger partial charge in [-0.1, -0.05) is 29.8 Å². The fraction of sp³-hybridized carbons (Fsp3) is 0.276. The number of benzene rings is 3. The summed E-state index contributed by atoms with van der Waals surface area (Å²) in [6.07, 6.45) is -1.81. The number of para-hydroxylation sites is 1. The molecule has 0 radical (unpaired) electrons. The van der Waals surface area contributed by atoms with Gasteiger partial charge in [0.25, 0.3) is 5.91 Å². The zero-order valence-corrected chi connectivity index (χ0v) is 23.7. The van der Waals surface area contributed by atoms with E-state index in [4.69, 9.17) is 27.1 Å². The number of hydrogen-bond donors (Lipinski definition) is 5. The number of amides is 2. The SMILES string of the molecule is CCNC(=O)C[C@@H]1N=C(c2ccc(Cl)cc2)c2cc(OCC(=O)Nc3cccc(O)c3O)ccc2N(C(C)N=O)C1N. The number of carbonyl (C=O) groups excluding carboxylic acids is 2. The van der Waals surface area contributed by atoms with E-state index in [-0.39, 0.29) is 23.8 Å². The van der Waals surface area contributed by atoms with Crippen LogP contribution in [0.25, 0.3) is 0 Å². The summed E-state index contributed by atoms with van der Waals surface area (Å²) in [5, 5.41) is 28.6. The topological polar surface area (TPSA) is 179 Å². The maximum Gasteiger partial charge on any atom is 0.262 e. The van der Waals surface area contributed by atoms with Gasteiger partial charge in [-0.05, 0) is 61.5 Å². The number of aromatic hydroxyl groups is 2. The molecule has 42 heavy (non-hydrogen) atoms. The third-order valence-electron chi connectivity index (χ3n) is 6.61. The van der Waals surface area contributed by atoms with Gasteiger partial charge in [0.05, 0.1) is 23.9 Å². The van der Waals surface area contributed by atoms with Crippen molar-refractivity contribution in [3.63, 3.8) is 0 Å². The number of fused-ring (bicyclic) bond motifs is 1. The number of ether oxygens (including phenoxy) is 1. The van der Waals surface area contributed by atoms with Crippen LogP contribution in [0.3, 0.4) is 0 Å². The van der Waals surface area contributed by atoms with Crippen LogP contribution in [0.2, 0.25) is 5.02 Å². The first-order valence-corrected chi connectivity index (χ1v) is 13.6. The Morgan fingerprint density at radius 2 is 1.88 bits per heavy atom. The molecule has 1 aliphatic rings. The molecule has 12 nitrogen and oxygen atoms in total. The molecule has 2 amide bonds. The van der Waals surface area contributed by atoms with Crippen molar-refractivity contribution in [2.75, 3.05) is 23.4 Å². The molecule has 1 heterocycles. The van der Waals surface area contributed by atoms with Crippen molar-refractivity contribution in [1.29, 1.82) is 0 Å². The molecule has 0 aliphatic carbocycles. The molecule has 0 saturated carbocycles. The van der Waals surface area contributed by atoms with Gasteiger partial charge in [-0.2, -0.15) is 0 Å². The average molecular weight is 595 g/mol. The Morgan fingerprint density at radius 1 is 1.14 bits per heavy atom. The number of phenolic OH excluding ortho intramolecular Hbond substituents is 2. The van der Waals surface area contributed by atoms with E-state index in [1.54, 1.807) is 54.3 Å². The third-order valence-corrected chi connectivity index (χ3v) is 6.86. The number of nitrogens with two attached hydrogens (primary N) is 1. The lowest BCUT2D eigenvalue weighted by Crippen LogP contribution is -2.53. The van der Waals surface area contributed by atoms with Gasteiger partial charge in [-0.25, -0.2) is 0 Å².